The predicted octanol–water partition coefficient (Wildman–Crippen LogP) is 4.33. The van der Waals surface area contributed by atoms with Crippen LogP contribution in [0.1, 0.15) is 81.2 Å². The number of ether oxygens (including phenoxy) is 2. The Morgan fingerprint density at radius 2 is 2.05 bits per heavy atom. The Labute approximate surface area is 222 Å². The molecular weight excluding hydrogens is 482 g/mol. The van der Waals surface area contributed by atoms with Crippen molar-refractivity contribution in [3.05, 3.63) is 42.0 Å². The van der Waals surface area contributed by atoms with Crippen molar-refractivity contribution in [3.8, 4) is 5.75 Å². The van der Waals surface area contributed by atoms with Crippen molar-refractivity contribution in [2.75, 3.05) is 19.0 Å². The van der Waals surface area contributed by atoms with E-state index in [1.807, 2.05) is 4.57 Å². The van der Waals surface area contributed by atoms with Crippen molar-refractivity contribution < 1.29 is 19.7 Å². The smallest absolute Gasteiger partial charge is 0.167 e. The van der Waals surface area contributed by atoms with Gasteiger partial charge in [-0.05, 0) is 78.5 Å². The molecule has 2 saturated carbocycles. The third kappa shape index (κ3) is 3.73. The number of aliphatic hydroxyl groups is 2. The van der Waals surface area contributed by atoms with Crippen LogP contribution in [-0.4, -0.2) is 55.7 Å². The number of aromatic nitrogens is 4. The number of benzene rings is 1. The molecule has 4 aliphatic rings. The van der Waals surface area contributed by atoms with Gasteiger partial charge in [-0.2, -0.15) is 0 Å². The molecule has 38 heavy (non-hydrogen) atoms. The number of nitrogens with zero attached hydrogens (tertiary/aromatic N) is 4. The van der Waals surface area contributed by atoms with Gasteiger partial charge in [0.15, 0.2) is 17.0 Å². The van der Waals surface area contributed by atoms with Crippen molar-refractivity contribution in [2.45, 2.75) is 82.3 Å². The Hall–Kier alpha value is -2.75. The number of imidazole rings is 1. The average Bonchev–Trinajstić information content (AvgIpc) is 3.64. The zero-order chi connectivity index (χ0) is 26.0. The van der Waals surface area contributed by atoms with E-state index in [0.717, 1.165) is 18.1 Å². The fourth-order valence-electron chi connectivity index (χ4n) is 8.23. The van der Waals surface area contributed by atoms with Crippen LogP contribution in [0.2, 0.25) is 0 Å². The number of hydrogen-bond donors (Lipinski definition) is 3. The van der Waals surface area contributed by atoms with Crippen LogP contribution in [0.25, 0.3) is 11.2 Å². The molecule has 0 spiro atoms. The van der Waals surface area contributed by atoms with Crippen molar-refractivity contribution in [3.63, 3.8) is 0 Å². The van der Waals surface area contributed by atoms with E-state index in [9.17, 15) is 10.2 Å². The number of rotatable bonds is 5. The van der Waals surface area contributed by atoms with Gasteiger partial charge in [-0.1, -0.05) is 19.4 Å². The minimum absolute atomic E-state index is 0.0934. The molecule has 2 aromatic heterocycles. The van der Waals surface area contributed by atoms with Gasteiger partial charge in [0, 0.05) is 6.42 Å². The minimum atomic E-state index is -0.722. The monoisotopic (exact) mass is 519 g/mol. The van der Waals surface area contributed by atoms with E-state index in [2.05, 4.69) is 45.4 Å². The molecule has 7 rings (SSSR count). The van der Waals surface area contributed by atoms with E-state index >= 15 is 0 Å². The largest absolute Gasteiger partial charge is 0.497 e. The molecule has 1 aromatic carbocycles. The minimum Gasteiger partial charge on any atom is -0.497 e. The van der Waals surface area contributed by atoms with Gasteiger partial charge in [-0.25, -0.2) is 15.0 Å². The molecule has 0 bridgehead atoms. The maximum atomic E-state index is 10.2. The lowest BCUT2D eigenvalue weighted by Crippen LogP contribution is -2.41. The van der Waals surface area contributed by atoms with E-state index < -0.39 is 18.4 Å². The first kappa shape index (κ1) is 24.3. The first-order valence-corrected chi connectivity index (χ1v) is 14.1. The average molecular weight is 520 g/mol. The van der Waals surface area contributed by atoms with Gasteiger partial charge in [-0.3, -0.25) is 4.57 Å². The molecule has 3 fully saturated rings. The maximum Gasteiger partial charge on any atom is 0.167 e. The van der Waals surface area contributed by atoms with Gasteiger partial charge in [0.25, 0.3) is 0 Å². The van der Waals surface area contributed by atoms with E-state index in [1.165, 1.54) is 43.2 Å². The van der Waals surface area contributed by atoms with E-state index in [0.29, 0.717) is 40.7 Å². The van der Waals surface area contributed by atoms with Crippen molar-refractivity contribution in [2.24, 2.45) is 17.3 Å². The molecule has 0 amide bonds. The van der Waals surface area contributed by atoms with Crippen molar-refractivity contribution in [1.82, 2.24) is 19.5 Å². The second kappa shape index (κ2) is 9.17. The summed E-state index contributed by atoms with van der Waals surface area (Å²) in [7, 11) is 1.73. The molecule has 4 unspecified atom stereocenters. The van der Waals surface area contributed by atoms with Gasteiger partial charge in [-0.15, -0.1) is 0 Å². The summed E-state index contributed by atoms with van der Waals surface area (Å²) in [6.07, 6.45) is 9.55. The lowest BCUT2D eigenvalue weighted by molar-refractivity contribution is -0.0432. The Kier molecular flexibility index (Phi) is 5.87. The van der Waals surface area contributed by atoms with Gasteiger partial charge < -0.3 is 25.0 Å². The summed E-state index contributed by atoms with van der Waals surface area (Å²) in [6, 6.07) is 6.70. The van der Waals surface area contributed by atoms with Crippen LogP contribution < -0.4 is 10.1 Å². The SMILES string of the molecule is COc1ccc2c(c1)C(Nc1ncnc3c1ncn3[C@H]1C[C@H](O)[C@@H](CO)O1)CC1C2CC[C@]2(C)CCCC12. The summed E-state index contributed by atoms with van der Waals surface area (Å²) in [5.74, 6) is 3.58. The maximum absolute atomic E-state index is 10.2. The third-order valence-corrected chi connectivity index (χ3v) is 10.2. The number of fused-ring (bicyclic) bond motifs is 6. The highest BCUT2D eigenvalue weighted by molar-refractivity contribution is 5.83. The quantitative estimate of drug-likeness (QED) is 0.456. The zero-order valence-corrected chi connectivity index (χ0v) is 22.1. The van der Waals surface area contributed by atoms with Crippen LogP contribution in [0.3, 0.4) is 0 Å². The van der Waals surface area contributed by atoms with Gasteiger partial charge in [0.2, 0.25) is 0 Å². The molecule has 9 heteroatoms. The number of hydrogen-bond acceptors (Lipinski definition) is 8. The summed E-state index contributed by atoms with van der Waals surface area (Å²) in [5, 5.41) is 23.5. The number of methoxy groups -OCH3 is 1. The Morgan fingerprint density at radius 1 is 1.16 bits per heavy atom. The van der Waals surface area contributed by atoms with Crippen LogP contribution in [0.4, 0.5) is 5.82 Å². The molecule has 3 N–H and O–H groups in total. The Balaban J connectivity index is 1.24. The fourth-order valence-corrected chi connectivity index (χ4v) is 8.23. The molecular formula is C29H37N5O4. The normalized spacial score (nSPS) is 36.1. The Morgan fingerprint density at radius 3 is 2.87 bits per heavy atom. The molecule has 3 heterocycles. The molecule has 9 nitrogen and oxygen atoms in total. The van der Waals surface area contributed by atoms with E-state index in [-0.39, 0.29) is 12.6 Å². The highest BCUT2D eigenvalue weighted by Crippen LogP contribution is 2.62. The topological polar surface area (TPSA) is 115 Å². The first-order chi connectivity index (χ1) is 18.5. The second-order valence-electron chi connectivity index (χ2n) is 12.1. The summed E-state index contributed by atoms with van der Waals surface area (Å²) in [4.78, 5) is 13.8. The first-order valence-electron chi connectivity index (χ1n) is 14.1. The molecule has 3 aromatic rings. The summed E-state index contributed by atoms with van der Waals surface area (Å²) in [5.41, 5.74) is 4.55. The van der Waals surface area contributed by atoms with Crippen molar-refractivity contribution in [1.29, 1.82) is 0 Å². The van der Waals surface area contributed by atoms with Crippen LogP contribution in [-0.2, 0) is 4.74 Å². The predicted molar refractivity (Wildman–Crippen MR) is 142 cm³/mol. The summed E-state index contributed by atoms with van der Waals surface area (Å²) in [6.45, 7) is 2.30. The molecule has 3 aliphatic carbocycles. The Bertz CT molecular complexity index is 1350. The van der Waals surface area contributed by atoms with E-state index in [4.69, 9.17) is 9.47 Å². The van der Waals surface area contributed by atoms with Crippen LogP contribution in [0, 0.1) is 17.3 Å². The van der Waals surface area contributed by atoms with Crippen LogP contribution >= 0.6 is 0 Å². The second-order valence-corrected chi connectivity index (χ2v) is 12.1. The fraction of sp³-hybridized carbons (Fsp3) is 0.621. The van der Waals surface area contributed by atoms with Crippen LogP contribution in [0.15, 0.2) is 30.9 Å². The lowest BCUT2D eigenvalue weighted by atomic mass is 9.55. The molecule has 1 saturated heterocycles. The number of nitrogens with one attached hydrogen (secondary N) is 1. The standard InChI is InChI=1S/C29H37N5O4/c1-29-8-3-4-21(29)19-11-22(20-10-16(37-2)5-6-17(20)18(19)7-9-29)33-27-26-28(31-14-30-27)34(15-32-26)25-12-23(36)24(13-35)38-25/h5-6,10,14-15,18-19,21-25,35-36H,3-4,7-9,11-13H2,1-2H3,(H,30,31,33)/t18?,19?,21?,22?,23-,24+,25+,29-/m0/s1. The zero-order valence-electron chi connectivity index (χ0n) is 22.1. The third-order valence-electron chi connectivity index (χ3n) is 10.2. The number of anilines is 1. The molecule has 1 aliphatic heterocycles. The summed E-state index contributed by atoms with van der Waals surface area (Å²) < 4.78 is 13.3. The molecule has 8 atom stereocenters. The highest BCUT2D eigenvalue weighted by Gasteiger charge is 2.51. The molecule has 202 valence electrons. The summed E-state index contributed by atoms with van der Waals surface area (Å²) >= 11 is 0. The van der Waals surface area contributed by atoms with Crippen molar-refractivity contribution >= 4 is 17.0 Å². The lowest BCUT2D eigenvalue weighted by Gasteiger charge is -2.51. The molecule has 0 radical (unpaired) electrons. The van der Waals surface area contributed by atoms with Gasteiger partial charge in [0.1, 0.15) is 24.4 Å². The van der Waals surface area contributed by atoms with E-state index in [1.54, 1.807) is 19.8 Å². The van der Waals surface area contributed by atoms with Gasteiger partial charge in [0.05, 0.1) is 32.2 Å². The van der Waals surface area contributed by atoms with Gasteiger partial charge >= 0.3 is 0 Å². The highest BCUT2D eigenvalue weighted by atomic mass is 16.5. The van der Waals surface area contributed by atoms with Crippen LogP contribution in [0.5, 0.6) is 5.75 Å². The number of aliphatic hydroxyl groups excluding tert-OH is 2.